The first-order valence-electron chi connectivity index (χ1n) is 7.31. The lowest BCUT2D eigenvalue weighted by molar-refractivity contribution is 0.109. The Bertz CT molecular complexity index is 225. The first-order chi connectivity index (χ1) is 7.85. The molecule has 0 bridgehead atoms. The van der Waals surface area contributed by atoms with Crippen LogP contribution >= 0.6 is 0 Å². The predicted octanol–water partition coefficient (Wildman–Crippen LogP) is 3.26. The van der Waals surface area contributed by atoms with Gasteiger partial charge in [-0.25, -0.2) is 0 Å². The Kier molecular flexibility index (Phi) is 5.46. The molecule has 102 valence electrons. The van der Waals surface area contributed by atoms with Gasteiger partial charge >= 0.3 is 0 Å². The molecule has 0 spiro atoms. The number of nitrogens with two attached hydrogens (primary N) is 1. The molecule has 0 aromatic carbocycles. The number of nitrogens with zero attached hydrogens (tertiary/aromatic N) is 1. The van der Waals surface area contributed by atoms with Crippen LogP contribution in [0.1, 0.15) is 59.8 Å². The second-order valence-electron chi connectivity index (χ2n) is 6.91. The molecule has 0 aliphatic heterocycles. The van der Waals surface area contributed by atoms with Gasteiger partial charge in [-0.3, -0.25) is 0 Å². The van der Waals surface area contributed by atoms with Crippen molar-refractivity contribution in [1.29, 1.82) is 0 Å². The Morgan fingerprint density at radius 2 is 2.06 bits per heavy atom. The smallest absolute Gasteiger partial charge is 0.00797 e. The van der Waals surface area contributed by atoms with Gasteiger partial charge < -0.3 is 10.6 Å². The van der Waals surface area contributed by atoms with E-state index in [-0.39, 0.29) is 0 Å². The topological polar surface area (TPSA) is 29.3 Å². The Morgan fingerprint density at radius 3 is 2.65 bits per heavy atom. The lowest BCUT2D eigenvalue weighted by atomic mass is 9.70. The summed E-state index contributed by atoms with van der Waals surface area (Å²) in [6, 6.07) is 1.11. The minimum atomic E-state index is 0.416. The molecule has 0 radical (unpaired) electrons. The average molecular weight is 240 g/mol. The van der Waals surface area contributed by atoms with Gasteiger partial charge in [-0.2, -0.15) is 0 Å². The molecule has 1 fully saturated rings. The number of hydrogen-bond donors (Lipinski definition) is 1. The first-order valence-corrected chi connectivity index (χ1v) is 7.31. The van der Waals surface area contributed by atoms with Gasteiger partial charge in [0.05, 0.1) is 0 Å². The fraction of sp³-hybridized carbons (Fsp3) is 1.00. The van der Waals surface area contributed by atoms with Crippen molar-refractivity contribution in [3.63, 3.8) is 0 Å². The SMILES string of the molecule is CCCC(C)N(C)CC1CC(C)(C)CCC1N. The molecule has 2 N–H and O–H groups in total. The average Bonchev–Trinajstić information content (AvgIpc) is 2.23. The highest BCUT2D eigenvalue weighted by Crippen LogP contribution is 2.38. The van der Waals surface area contributed by atoms with E-state index < -0.39 is 0 Å². The quantitative estimate of drug-likeness (QED) is 0.799. The summed E-state index contributed by atoms with van der Waals surface area (Å²) >= 11 is 0. The van der Waals surface area contributed by atoms with Crippen molar-refractivity contribution in [3.8, 4) is 0 Å². The molecule has 0 saturated heterocycles. The van der Waals surface area contributed by atoms with E-state index in [0.29, 0.717) is 23.4 Å². The highest BCUT2D eigenvalue weighted by atomic mass is 15.1. The second kappa shape index (κ2) is 6.19. The van der Waals surface area contributed by atoms with Crippen molar-refractivity contribution in [2.45, 2.75) is 71.9 Å². The molecule has 3 unspecified atom stereocenters. The van der Waals surface area contributed by atoms with Gasteiger partial charge in [0.25, 0.3) is 0 Å². The Morgan fingerprint density at radius 1 is 1.41 bits per heavy atom. The van der Waals surface area contributed by atoms with Gasteiger partial charge in [0.2, 0.25) is 0 Å². The van der Waals surface area contributed by atoms with E-state index in [0.717, 1.165) is 0 Å². The van der Waals surface area contributed by atoms with E-state index in [1.807, 2.05) is 0 Å². The Labute approximate surface area is 108 Å². The van der Waals surface area contributed by atoms with Crippen LogP contribution in [0, 0.1) is 11.3 Å². The molecular weight excluding hydrogens is 208 g/mol. The summed E-state index contributed by atoms with van der Waals surface area (Å²) in [5.74, 6) is 0.683. The zero-order chi connectivity index (χ0) is 13.1. The van der Waals surface area contributed by atoms with Crippen molar-refractivity contribution in [2.24, 2.45) is 17.1 Å². The predicted molar refractivity (Wildman–Crippen MR) is 76.1 cm³/mol. The fourth-order valence-corrected chi connectivity index (χ4v) is 3.14. The van der Waals surface area contributed by atoms with Gasteiger partial charge in [-0.1, -0.05) is 27.2 Å². The monoisotopic (exact) mass is 240 g/mol. The van der Waals surface area contributed by atoms with E-state index in [1.54, 1.807) is 0 Å². The minimum Gasteiger partial charge on any atom is -0.327 e. The molecule has 0 amide bonds. The van der Waals surface area contributed by atoms with Crippen LogP contribution in [-0.2, 0) is 0 Å². The summed E-state index contributed by atoms with van der Waals surface area (Å²) in [5.41, 5.74) is 6.79. The number of rotatable bonds is 5. The van der Waals surface area contributed by atoms with E-state index in [1.165, 1.54) is 38.6 Å². The highest BCUT2D eigenvalue weighted by Gasteiger charge is 2.33. The van der Waals surface area contributed by atoms with Crippen LogP contribution < -0.4 is 5.73 Å². The summed E-state index contributed by atoms with van der Waals surface area (Å²) < 4.78 is 0. The van der Waals surface area contributed by atoms with Crippen molar-refractivity contribution in [2.75, 3.05) is 13.6 Å². The molecule has 3 atom stereocenters. The van der Waals surface area contributed by atoms with Gasteiger partial charge in [-0.05, 0) is 51.0 Å². The van der Waals surface area contributed by atoms with Crippen molar-refractivity contribution in [1.82, 2.24) is 4.90 Å². The van der Waals surface area contributed by atoms with Gasteiger partial charge in [-0.15, -0.1) is 0 Å². The summed E-state index contributed by atoms with van der Waals surface area (Å²) in [6.07, 6.45) is 6.35. The van der Waals surface area contributed by atoms with Crippen LogP contribution in [0.3, 0.4) is 0 Å². The van der Waals surface area contributed by atoms with Crippen LogP contribution in [0.15, 0.2) is 0 Å². The molecule has 1 saturated carbocycles. The van der Waals surface area contributed by atoms with Gasteiger partial charge in [0, 0.05) is 18.6 Å². The molecule has 1 aliphatic carbocycles. The fourth-order valence-electron chi connectivity index (χ4n) is 3.14. The largest absolute Gasteiger partial charge is 0.327 e. The molecular formula is C15H32N2. The lowest BCUT2D eigenvalue weighted by Crippen LogP contribution is -2.46. The normalized spacial score (nSPS) is 30.5. The van der Waals surface area contributed by atoms with Crippen LogP contribution in [0.5, 0.6) is 0 Å². The molecule has 1 aliphatic rings. The second-order valence-corrected chi connectivity index (χ2v) is 6.91. The van der Waals surface area contributed by atoms with E-state index >= 15 is 0 Å². The van der Waals surface area contributed by atoms with E-state index in [2.05, 4.69) is 39.6 Å². The minimum absolute atomic E-state index is 0.416. The third-order valence-corrected chi connectivity index (χ3v) is 4.56. The van der Waals surface area contributed by atoms with Crippen molar-refractivity contribution >= 4 is 0 Å². The molecule has 17 heavy (non-hydrogen) atoms. The highest BCUT2D eigenvalue weighted by molar-refractivity contribution is 4.88. The maximum atomic E-state index is 6.30. The molecule has 2 nitrogen and oxygen atoms in total. The molecule has 0 aromatic rings. The zero-order valence-corrected chi connectivity index (χ0v) is 12.5. The summed E-state index contributed by atoms with van der Waals surface area (Å²) in [6.45, 7) is 10.6. The van der Waals surface area contributed by atoms with Gasteiger partial charge in [0.15, 0.2) is 0 Å². The van der Waals surface area contributed by atoms with Gasteiger partial charge in [0.1, 0.15) is 0 Å². The first kappa shape index (κ1) is 15.0. The lowest BCUT2D eigenvalue weighted by Gasteiger charge is -2.41. The molecule has 1 rings (SSSR count). The summed E-state index contributed by atoms with van der Waals surface area (Å²) in [5, 5.41) is 0. The van der Waals surface area contributed by atoms with Crippen molar-refractivity contribution in [3.05, 3.63) is 0 Å². The van der Waals surface area contributed by atoms with Crippen LogP contribution in [0.25, 0.3) is 0 Å². The maximum absolute atomic E-state index is 6.30. The molecule has 2 heteroatoms. The van der Waals surface area contributed by atoms with Crippen LogP contribution in [0.2, 0.25) is 0 Å². The zero-order valence-electron chi connectivity index (χ0n) is 12.5. The van der Waals surface area contributed by atoms with E-state index in [4.69, 9.17) is 5.73 Å². The number of hydrogen-bond acceptors (Lipinski definition) is 2. The van der Waals surface area contributed by atoms with Crippen LogP contribution in [-0.4, -0.2) is 30.6 Å². The summed E-state index contributed by atoms with van der Waals surface area (Å²) in [4.78, 5) is 2.51. The standard InChI is InChI=1S/C15H32N2/c1-6-7-12(2)17(5)11-13-10-15(3,4)9-8-14(13)16/h12-14H,6-11,16H2,1-5H3. The summed E-state index contributed by atoms with van der Waals surface area (Å²) in [7, 11) is 2.26. The third-order valence-electron chi connectivity index (χ3n) is 4.56. The molecule has 0 aromatic heterocycles. The maximum Gasteiger partial charge on any atom is 0.00797 e. The molecule has 0 heterocycles. The Hall–Kier alpha value is -0.0800. The van der Waals surface area contributed by atoms with Crippen LogP contribution in [0.4, 0.5) is 0 Å². The van der Waals surface area contributed by atoms with E-state index in [9.17, 15) is 0 Å². The van der Waals surface area contributed by atoms with Crippen molar-refractivity contribution < 1.29 is 0 Å². The third kappa shape index (κ3) is 4.59. The Balaban J connectivity index is 2.48.